The van der Waals surface area contributed by atoms with Gasteiger partial charge in [0.2, 0.25) is 0 Å². The molecule has 1 aliphatic rings. The Morgan fingerprint density at radius 2 is 2.10 bits per heavy atom. The van der Waals surface area contributed by atoms with Crippen LogP contribution in [0.3, 0.4) is 0 Å². The standard InChI is InChI=1S/C17H31N3O/c1-4-7-18-13-17-12-16(15(2)21-17)14-19(3)10-11-20-8-5-6-9-20/h12,18H,4-11,13-14H2,1-3H3. The van der Waals surface area contributed by atoms with Crippen LogP contribution >= 0.6 is 0 Å². The van der Waals surface area contributed by atoms with E-state index >= 15 is 0 Å². The van der Waals surface area contributed by atoms with Crippen molar-refractivity contribution in [3.8, 4) is 0 Å². The number of nitrogens with zero attached hydrogens (tertiary/aromatic N) is 2. The third kappa shape index (κ3) is 5.46. The van der Waals surface area contributed by atoms with Gasteiger partial charge < -0.3 is 19.5 Å². The first kappa shape index (κ1) is 16.5. The van der Waals surface area contributed by atoms with Crippen LogP contribution in [0.25, 0.3) is 0 Å². The Morgan fingerprint density at radius 3 is 2.81 bits per heavy atom. The van der Waals surface area contributed by atoms with E-state index in [0.717, 1.165) is 44.1 Å². The molecule has 0 unspecified atom stereocenters. The fourth-order valence-electron chi connectivity index (χ4n) is 2.91. The summed E-state index contributed by atoms with van der Waals surface area (Å²) >= 11 is 0. The molecule has 0 aromatic carbocycles. The van der Waals surface area contributed by atoms with Crippen molar-refractivity contribution in [3.63, 3.8) is 0 Å². The van der Waals surface area contributed by atoms with Crippen LogP contribution in [0.5, 0.6) is 0 Å². The van der Waals surface area contributed by atoms with E-state index in [1.165, 1.54) is 38.0 Å². The Bertz CT molecular complexity index is 410. The number of nitrogens with one attached hydrogen (secondary N) is 1. The van der Waals surface area contributed by atoms with E-state index < -0.39 is 0 Å². The third-order valence-corrected chi connectivity index (χ3v) is 4.23. The first-order valence-corrected chi connectivity index (χ1v) is 8.39. The maximum absolute atomic E-state index is 5.84. The minimum atomic E-state index is 0.839. The Hall–Kier alpha value is -0.840. The summed E-state index contributed by atoms with van der Waals surface area (Å²) in [5, 5.41) is 3.39. The molecular formula is C17H31N3O. The fourth-order valence-corrected chi connectivity index (χ4v) is 2.91. The quantitative estimate of drug-likeness (QED) is 0.709. The minimum Gasteiger partial charge on any atom is -0.465 e. The lowest BCUT2D eigenvalue weighted by atomic mass is 10.2. The lowest BCUT2D eigenvalue weighted by molar-refractivity contribution is 0.251. The van der Waals surface area contributed by atoms with Gasteiger partial charge in [0.05, 0.1) is 6.54 Å². The van der Waals surface area contributed by atoms with Gasteiger partial charge in [-0.1, -0.05) is 6.92 Å². The van der Waals surface area contributed by atoms with Gasteiger partial charge in [-0.15, -0.1) is 0 Å². The van der Waals surface area contributed by atoms with Crippen molar-refractivity contribution >= 4 is 0 Å². The van der Waals surface area contributed by atoms with Crippen LogP contribution in [-0.4, -0.2) is 49.6 Å². The normalized spacial score (nSPS) is 16.2. The molecule has 4 nitrogen and oxygen atoms in total. The Morgan fingerprint density at radius 1 is 1.33 bits per heavy atom. The van der Waals surface area contributed by atoms with Crippen molar-refractivity contribution in [1.82, 2.24) is 15.1 Å². The number of hydrogen-bond acceptors (Lipinski definition) is 4. The summed E-state index contributed by atoms with van der Waals surface area (Å²) in [7, 11) is 2.21. The SMILES string of the molecule is CCCNCc1cc(CN(C)CCN2CCCC2)c(C)o1. The zero-order valence-electron chi connectivity index (χ0n) is 14.0. The largest absolute Gasteiger partial charge is 0.465 e. The molecule has 1 saturated heterocycles. The summed E-state index contributed by atoms with van der Waals surface area (Å²) in [5.41, 5.74) is 1.33. The van der Waals surface area contributed by atoms with E-state index in [0.29, 0.717) is 0 Å². The Labute approximate surface area is 129 Å². The highest BCUT2D eigenvalue weighted by Crippen LogP contribution is 2.16. The van der Waals surface area contributed by atoms with E-state index in [9.17, 15) is 0 Å². The van der Waals surface area contributed by atoms with Crippen LogP contribution in [0.1, 0.15) is 43.3 Å². The molecule has 21 heavy (non-hydrogen) atoms. The van der Waals surface area contributed by atoms with Crippen molar-refractivity contribution in [2.75, 3.05) is 39.8 Å². The zero-order chi connectivity index (χ0) is 15.1. The van der Waals surface area contributed by atoms with Crippen molar-refractivity contribution in [2.45, 2.75) is 46.2 Å². The number of likely N-dealkylation sites (tertiary alicyclic amines) is 1. The Kier molecular flexibility index (Phi) is 6.74. The molecule has 1 aromatic rings. The van der Waals surface area contributed by atoms with Crippen molar-refractivity contribution in [2.24, 2.45) is 0 Å². The van der Waals surface area contributed by atoms with E-state index in [1.807, 2.05) is 0 Å². The molecule has 2 rings (SSSR count). The van der Waals surface area contributed by atoms with Crippen LogP contribution in [-0.2, 0) is 13.1 Å². The predicted molar refractivity (Wildman–Crippen MR) is 87.5 cm³/mol. The average Bonchev–Trinajstić information content (AvgIpc) is 3.08. The summed E-state index contributed by atoms with van der Waals surface area (Å²) in [5.74, 6) is 2.13. The summed E-state index contributed by atoms with van der Waals surface area (Å²) in [6.07, 6.45) is 3.91. The highest BCUT2D eigenvalue weighted by molar-refractivity contribution is 5.20. The number of hydrogen-bond donors (Lipinski definition) is 1. The molecule has 1 fully saturated rings. The van der Waals surface area contributed by atoms with Crippen molar-refractivity contribution < 1.29 is 4.42 Å². The van der Waals surface area contributed by atoms with Gasteiger partial charge in [0.15, 0.2) is 0 Å². The lowest BCUT2D eigenvalue weighted by Gasteiger charge is -2.20. The number of furan rings is 1. The van der Waals surface area contributed by atoms with E-state index in [-0.39, 0.29) is 0 Å². The molecule has 0 aliphatic carbocycles. The van der Waals surface area contributed by atoms with Gasteiger partial charge in [0.25, 0.3) is 0 Å². The molecule has 120 valence electrons. The highest BCUT2D eigenvalue weighted by atomic mass is 16.3. The molecular weight excluding hydrogens is 262 g/mol. The zero-order valence-corrected chi connectivity index (χ0v) is 14.0. The predicted octanol–water partition coefficient (Wildman–Crippen LogP) is 2.62. The van der Waals surface area contributed by atoms with Gasteiger partial charge in [-0.05, 0) is 58.9 Å². The molecule has 0 spiro atoms. The maximum Gasteiger partial charge on any atom is 0.118 e. The molecule has 0 atom stereocenters. The van der Waals surface area contributed by atoms with E-state index in [1.54, 1.807) is 0 Å². The van der Waals surface area contributed by atoms with Crippen LogP contribution < -0.4 is 5.32 Å². The smallest absolute Gasteiger partial charge is 0.118 e. The first-order valence-electron chi connectivity index (χ1n) is 8.39. The van der Waals surface area contributed by atoms with E-state index in [2.05, 4.69) is 42.1 Å². The summed E-state index contributed by atoms with van der Waals surface area (Å²) in [6, 6.07) is 2.21. The molecule has 1 aromatic heterocycles. The molecule has 0 radical (unpaired) electrons. The van der Waals surface area contributed by atoms with Crippen LogP contribution in [0, 0.1) is 6.92 Å². The van der Waals surface area contributed by atoms with Gasteiger partial charge in [-0.3, -0.25) is 0 Å². The van der Waals surface area contributed by atoms with Gasteiger partial charge in [-0.25, -0.2) is 0 Å². The topological polar surface area (TPSA) is 31.6 Å². The van der Waals surface area contributed by atoms with Crippen molar-refractivity contribution in [1.29, 1.82) is 0 Å². The minimum absolute atomic E-state index is 0.839. The first-order chi connectivity index (χ1) is 10.2. The monoisotopic (exact) mass is 293 g/mol. The molecule has 0 amide bonds. The second-order valence-corrected chi connectivity index (χ2v) is 6.26. The number of likely N-dealkylation sites (N-methyl/N-ethyl adjacent to an activating group) is 1. The third-order valence-electron chi connectivity index (χ3n) is 4.23. The molecule has 2 heterocycles. The van der Waals surface area contributed by atoms with Crippen LogP contribution in [0.2, 0.25) is 0 Å². The molecule has 4 heteroatoms. The summed E-state index contributed by atoms with van der Waals surface area (Å²) < 4.78 is 5.84. The second kappa shape index (κ2) is 8.57. The van der Waals surface area contributed by atoms with Gasteiger partial charge in [0, 0.05) is 25.2 Å². The molecule has 1 aliphatic heterocycles. The highest BCUT2D eigenvalue weighted by Gasteiger charge is 2.13. The van der Waals surface area contributed by atoms with Crippen LogP contribution in [0.4, 0.5) is 0 Å². The fraction of sp³-hybridized carbons (Fsp3) is 0.765. The summed E-state index contributed by atoms with van der Waals surface area (Å²) in [6.45, 7) is 12.0. The second-order valence-electron chi connectivity index (χ2n) is 6.26. The van der Waals surface area contributed by atoms with Gasteiger partial charge >= 0.3 is 0 Å². The van der Waals surface area contributed by atoms with Gasteiger partial charge in [-0.2, -0.15) is 0 Å². The van der Waals surface area contributed by atoms with Crippen LogP contribution in [0.15, 0.2) is 10.5 Å². The number of aryl methyl sites for hydroxylation is 1. The Balaban J connectivity index is 1.75. The average molecular weight is 293 g/mol. The van der Waals surface area contributed by atoms with E-state index in [4.69, 9.17) is 4.42 Å². The maximum atomic E-state index is 5.84. The van der Waals surface area contributed by atoms with Crippen molar-refractivity contribution in [3.05, 3.63) is 23.2 Å². The van der Waals surface area contributed by atoms with Gasteiger partial charge in [0.1, 0.15) is 11.5 Å². The molecule has 0 bridgehead atoms. The molecule has 0 saturated carbocycles. The molecule has 1 N–H and O–H groups in total. The summed E-state index contributed by atoms with van der Waals surface area (Å²) in [4.78, 5) is 4.97. The lowest BCUT2D eigenvalue weighted by Crippen LogP contribution is -2.31. The number of rotatable bonds is 9.